The fraction of sp³-hybridized carbons (Fsp3) is 0.947. The summed E-state index contributed by atoms with van der Waals surface area (Å²) in [7, 11) is 0. The van der Waals surface area contributed by atoms with Gasteiger partial charge in [0.1, 0.15) is 0 Å². The summed E-state index contributed by atoms with van der Waals surface area (Å²) in [4.78, 5) is 12.3. The zero-order valence-electron chi connectivity index (χ0n) is 15.0. The molecule has 0 aromatic carbocycles. The van der Waals surface area contributed by atoms with Gasteiger partial charge in [0.15, 0.2) is 0 Å². The highest BCUT2D eigenvalue weighted by molar-refractivity contribution is 5.78. The molecule has 0 atom stereocenters. The van der Waals surface area contributed by atoms with Crippen LogP contribution in [0, 0.1) is 11.8 Å². The lowest BCUT2D eigenvalue weighted by atomic mass is 9.93. The number of rotatable bonds is 14. The lowest BCUT2D eigenvalue weighted by Crippen LogP contribution is -2.32. The average Bonchev–Trinajstić information content (AvgIpc) is 2.45. The smallest absolute Gasteiger partial charge is 0.223 e. The quantitative estimate of drug-likeness (QED) is 0.409. The normalized spacial score (nSPS) is 11.3. The second-order valence-corrected chi connectivity index (χ2v) is 6.87. The van der Waals surface area contributed by atoms with Gasteiger partial charge in [-0.1, -0.05) is 79.1 Å². The van der Waals surface area contributed by atoms with Gasteiger partial charge in [-0.05, 0) is 25.2 Å². The summed E-state index contributed by atoms with van der Waals surface area (Å²) in [6.45, 7) is 9.73. The molecule has 21 heavy (non-hydrogen) atoms. The van der Waals surface area contributed by atoms with Crippen molar-refractivity contribution in [3.8, 4) is 0 Å². The van der Waals surface area contributed by atoms with Gasteiger partial charge in [0, 0.05) is 12.5 Å². The van der Waals surface area contributed by atoms with Crippen LogP contribution in [-0.4, -0.2) is 12.5 Å². The number of hydrogen-bond donors (Lipinski definition) is 1. The second-order valence-electron chi connectivity index (χ2n) is 6.87. The molecular formula is C19H39NO. The predicted octanol–water partition coefficient (Wildman–Crippen LogP) is 5.71. The number of nitrogens with one attached hydrogen (secondary N) is 1. The molecule has 0 aliphatic carbocycles. The molecule has 0 aliphatic rings. The van der Waals surface area contributed by atoms with Crippen molar-refractivity contribution in [2.45, 2.75) is 98.3 Å². The van der Waals surface area contributed by atoms with E-state index >= 15 is 0 Å². The lowest BCUT2D eigenvalue weighted by molar-refractivity contribution is -0.125. The number of carbonyl (C=O) groups excluding carboxylic acids is 1. The minimum absolute atomic E-state index is 0.255. The standard InChI is InChI=1S/C19H39NO/c1-5-7-9-11-13-18(14-12-10-8-6-2)19(21)20-16-15-17(3)4/h17-18H,5-16H2,1-4H3,(H,20,21). The molecule has 0 heterocycles. The van der Waals surface area contributed by atoms with Gasteiger partial charge in [-0.15, -0.1) is 0 Å². The molecule has 0 saturated carbocycles. The van der Waals surface area contributed by atoms with Crippen LogP contribution < -0.4 is 5.32 Å². The Morgan fingerprint density at radius 3 is 1.76 bits per heavy atom. The van der Waals surface area contributed by atoms with E-state index in [1.54, 1.807) is 0 Å². The zero-order chi connectivity index (χ0) is 15.9. The molecular weight excluding hydrogens is 258 g/mol. The van der Waals surface area contributed by atoms with E-state index in [0.717, 1.165) is 25.8 Å². The zero-order valence-corrected chi connectivity index (χ0v) is 15.0. The van der Waals surface area contributed by atoms with Gasteiger partial charge in [-0.3, -0.25) is 4.79 Å². The minimum Gasteiger partial charge on any atom is -0.356 e. The van der Waals surface area contributed by atoms with Gasteiger partial charge in [-0.25, -0.2) is 0 Å². The molecule has 2 heteroatoms. The molecule has 0 unspecified atom stereocenters. The van der Waals surface area contributed by atoms with E-state index < -0.39 is 0 Å². The summed E-state index contributed by atoms with van der Waals surface area (Å²) >= 11 is 0. The molecule has 2 nitrogen and oxygen atoms in total. The average molecular weight is 298 g/mol. The second kappa shape index (κ2) is 14.4. The maximum Gasteiger partial charge on any atom is 0.223 e. The van der Waals surface area contributed by atoms with Crippen LogP contribution in [-0.2, 0) is 4.79 Å². The van der Waals surface area contributed by atoms with Gasteiger partial charge < -0.3 is 5.32 Å². The SMILES string of the molecule is CCCCCCC(CCCCCC)C(=O)NCCC(C)C. The Bertz CT molecular complexity index is 226. The highest BCUT2D eigenvalue weighted by atomic mass is 16.1. The first-order valence-electron chi connectivity index (χ1n) is 9.39. The van der Waals surface area contributed by atoms with Crippen LogP contribution in [0.1, 0.15) is 98.3 Å². The van der Waals surface area contributed by atoms with Gasteiger partial charge >= 0.3 is 0 Å². The first-order valence-corrected chi connectivity index (χ1v) is 9.39. The van der Waals surface area contributed by atoms with Crippen molar-refractivity contribution in [3.63, 3.8) is 0 Å². The topological polar surface area (TPSA) is 29.1 Å². The Kier molecular flexibility index (Phi) is 14.0. The van der Waals surface area contributed by atoms with E-state index in [1.165, 1.54) is 51.4 Å². The molecule has 1 amide bonds. The molecule has 0 bridgehead atoms. The predicted molar refractivity (Wildman–Crippen MR) is 93.5 cm³/mol. The molecule has 0 aromatic heterocycles. The highest BCUT2D eigenvalue weighted by Gasteiger charge is 2.17. The number of amides is 1. The molecule has 0 aromatic rings. The third-order valence-electron chi connectivity index (χ3n) is 4.20. The Morgan fingerprint density at radius 1 is 0.810 bits per heavy atom. The molecule has 1 N–H and O–H groups in total. The third kappa shape index (κ3) is 12.9. The fourth-order valence-electron chi connectivity index (χ4n) is 2.67. The van der Waals surface area contributed by atoms with Crippen LogP contribution in [0.2, 0.25) is 0 Å². The Labute approximate surface area is 133 Å². The number of unbranched alkanes of at least 4 members (excludes halogenated alkanes) is 6. The van der Waals surface area contributed by atoms with Crippen molar-refractivity contribution in [1.29, 1.82) is 0 Å². The molecule has 0 spiro atoms. The van der Waals surface area contributed by atoms with Crippen molar-refractivity contribution in [1.82, 2.24) is 5.32 Å². The highest BCUT2D eigenvalue weighted by Crippen LogP contribution is 2.18. The molecule has 126 valence electrons. The van der Waals surface area contributed by atoms with Crippen molar-refractivity contribution < 1.29 is 4.79 Å². The monoisotopic (exact) mass is 297 g/mol. The Hall–Kier alpha value is -0.530. The van der Waals surface area contributed by atoms with Gasteiger partial charge in [0.25, 0.3) is 0 Å². The summed E-state index contributed by atoms with van der Waals surface area (Å²) < 4.78 is 0. The number of carbonyl (C=O) groups is 1. The van der Waals surface area contributed by atoms with Gasteiger partial charge in [-0.2, -0.15) is 0 Å². The van der Waals surface area contributed by atoms with E-state index in [4.69, 9.17) is 0 Å². The van der Waals surface area contributed by atoms with E-state index in [-0.39, 0.29) is 5.92 Å². The van der Waals surface area contributed by atoms with E-state index in [1.807, 2.05) is 0 Å². The molecule has 0 saturated heterocycles. The third-order valence-corrected chi connectivity index (χ3v) is 4.20. The largest absolute Gasteiger partial charge is 0.356 e. The summed E-state index contributed by atoms with van der Waals surface area (Å²) in [6, 6.07) is 0. The van der Waals surface area contributed by atoms with Crippen LogP contribution in [0.5, 0.6) is 0 Å². The minimum atomic E-state index is 0.255. The Morgan fingerprint density at radius 2 is 1.33 bits per heavy atom. The van der Waals surface area contributed by atoms with Crippen LogP contribution >= 0.6 is 0 Å². The van der Waals surface area contributed by atoms with Crippen molar-refractivity contribution >= 4 is 5.91 Å². The first kappa shape index (κ1) is 20.5. The molecule has 0 aliphatic heterocycles. The fourth-order valence-corrected chi connectivity index (χ4v) is 2.67. The summed E-state index contributed by atoms with van der Waals surface area (Å²) in [5, 5.41) is 3.16. The lowest BCUT2D eigenvalue weighted by Gasteiger charge is -2.17. The van der Waals surface area contributed by atoms with Crippen molar-refractivity contribution in [2.75, 3.05) is 6.54 Å². The molecule has 0 fully saturated rings. The summed E-state index contributed by atoms with van der Waals surface area (Å²) in [6.07, 6.45) is 13.4. The van der Waals surface area contributed by atoms with Crippen LogP contribution in [0.4, 0.5) is 0 Å². The van der Waals surface area contributed by atoms with Crippen LogP contribution in [0.25, 0.3) is 0 Å². The first-order chi connectivity index (χ1) is 10.1. The van der Waals surface area contributed by atoms with E-state index in [0.29, 0.717) is 11.8 Å². The van der Waals surface area contributed by atoms with Gasteiger partial charge in [0.05, 0.1) is 0 Å². The Balaban J connectivity index is 4.04. The van der Waals surface area contributed by atoms with E-state index in [2.05, 4.69) is 33.0 Å². The molecule has 0 radical (unpaired) electrons. The van der Waals surface area contributed by atoms with E-state index in [9.17, 15) is 4.79 Å². The number of hydrogen-bond acceptors (Lipinski definition) is 1. The summed E-state index contributed by atoms with van der Waals surface area (Å²) in [5.41, 5.74) is 0. The maximum atomic E-state index is 12.3. The van der Waals surface area contributed by atoms with Crippen molar-refractivity contribution in [2.24, 2.45) is 11.8 Å². The summed E-state index contributed by atoms with van der Waals surface area (Å²) in [5.74, 6) is 1.23. The van der Waals surface area contributed by atoms with Gasteiger partial charge in [0.2, 0.25) is 5.91 Å². The van der Waals surface area contributed by atoms with Crippen molar-refractivity contribution in [3.05, 3.63) is 0 Å². The van der Waals surface area contributed by atoms with Crippen LogP contribution in [0.3, 0.4) is 0 Å². The molecule has 0 rings (SSSR count). The maximum absolute atomic E-state index is 12.3. The van der Waals surface area contributed by atoms with Crippen LogP contribution in [0.15, 0.2) is 0 Å².